The summed E-state index contributed by atoms with van der Waals surface area (Å²) in [7, 11) is 0. The van der Waals surface area contributed by atoms with E-state index in [4.69, 9.17) is 5.26 Å². The van der Waals surface area contributed by atoms with Crippen molar-refractivity contribution in [3.05, 3.63) is 53.7 Å². The predicted octanol–water partition coefficient (Wildman–Crippen LogP) is 2.90. The fourth-order valence-electron chi connectivity index (χ4n) is 1.36. The van der Waals surface area contributed by atoms with E-state index in [1.165, 1.54) is 12.3 Å². The zero-order valence-electron chi connectivity index (χ0n) is 8.11. The molecule has 2 aromatic rings. The van der Waals surface area contributed by atoms with Gasteiger partial charge in [-0.25, -0.2) is 8.78 Å². The average molecular weight is 216 g/mol. The summed E-state index contributed by atoms with van der Waals surface area (Å²) in [4.78, 5) is 3.97. The van der Waals surface area contributed by atoms with E-state index in [1.807, 2.05) is 0 Å². The number of benzene rings is 1. The first kappa shape index (κ1) is 10.2. The van der Waals surface area contributed by atoms with Gasteiger partial charge in [0.1, 0.15) is 23.3 Å². The van der Waals surface area contributed by atoms with Crippen molar-refractivity contribution in [3.8, 4) is 17.3 Å². The molecule has 78 valence electrons. The molecule has 0 atom stereocenters. The van der Waals surface area contributed by atoms with E-state index < -0.39 is 17.2 Å². The molecule has 4 heteroatoms. The van der Waals surface area contributed by atoms with Crippen molar-refractivity contribution < 1.29 is 8.78 Å². The SMILES string of the molecule is N#Cc1c(F)cc(-c2ccccn2)cc1F. The molecule has 0 amide bonds. The lowest BCUT2D eigenvalue weighted by Crippen LogP contribution is -1.92. The zero-order valence-corrected chi connectivity index (χ0v) is 8.11. The zero-order chi connectivity index (χ0) is 11.5. The molecular formula is C12H6F2N2. The normalized spacial score (nSPS) is 9.81. The molecule has 0 aliphatic rings. The van der Waals surface area contributed by atoms with Crippen molar-refractivity contribution in [3.63, 3.8) is 0 Å². The topological polar surface area (TPSA) is 36.7 Å². The Bertz CT molecular complexity index is 536. The lowest BCUT2D eigenvalue weighted by molar-refractivity contribution is 0.577. The van der Waals surface area contributed by atoms with E-state index in [9.17, 15) is 8.78 Å². The first-order valence-corrected chi connectivity index (χ1v) is 4.53. The second-order valence-corrected chi connectivity index (χ2v) is 3.14. The molecule has 0 aliphatic heterocycles. The van der Waals surface area contributed by atoms with E-state index in [2.05, 4.69) is 4.98 Å². The standard InChI is InChI=1S/C12H6F2N2/c13-10-5-8(6-11(14)9(10)7-15)12-3-1-2-4-16-12/h1-6H. The van der Waals surface area contributed by atoms with Crippen molar-refractivity contribution in [1.29, 1.82) is 5.26 Å². The van der Waals surface area contributed by atoms with Crippen LogP contribution in [0, 0.1) is 23.0 Å². The van der Waals surface area contributed by atoms with Gasteiger partial charge in [-0.05, 0) is 24.3 Å². The molecule has 0 unspecified atom stereocenters. The lowest BCUT2D eigenvalue weighted by Gasteiger charge is -2.02. The van der Waals surface area contributed by atoms with Crippen LogP contribution in [0.25, 0.3) is 11.3 Å². The van der Waals surface area contributed by atoms with Gasteiger partial charge in [0.25, 0.3) is 0 Å². The number of pyridine rings is 1. The lowest BCUT2D eigenvalue weighted by atomic mass is 10.1. The van der Waals surface area contributed by atoms with Gasteiger partial charge in [0.15, 0.2) is 0 Å². The fraction of sp³-hybridized carbons (Fsp3) is 0. The Balaban J connectivity index is 2.58. The van der Waals surface area contributed by atoms with E-state index in [0.29, 0.717) is 11.3 Å². The third-order valence-electron chi connectivity index (χ3n) is 2.11. The fourth-order valence-corrected chi connectivity index (χ4v) is 1.36. The molecule has 0 N–H and O–H groups in total. The molecule has 0 fully saturated rings. The van der Waals surface area contributed by atoms with Gasteiger partial charge in [-0.2, -0.15) is 5.26 Å². The summed E-state index contributed by atoms with van der Waals surface area (Å²) in [6.45, 7) is 0. The Morgan fingerprint density at radius 1 is 1.12 bits per heavy atom. The van der Waals surface area contributed by atoms with Crippen LogP contribution in [0.4, 0.5) is 8.78 Å². The molecule has 1 aromatic heterocycles. The summed E-state index contributed by atoms with van der Waals surface area (Å²) >= 11 is 0. The summed E-state index contributed by atoms with van der Waals surface area (Å²) in [5.41, 5.74) is 0.207. The Morgan fingerprint density at radius 3 is 2.31 bits per heavy atom. The third kappa shape index (κ3) is 1.75. The van der Waals surface area contributed by atoms with Gasteiger partial charge in [0, 0.05) is 11.8 Å². The minimum atomic E-state index is -0.872. The highest BCUT2D eigenvalue weighted by Gasteiger charge is 2.11. The van der Waals surface area contributed by atoms with Crippen LogP contribution in [0.2, 0.25) is 0 Å². The molecule has 2 rings (SSSR count). The highest BCUT2D eigenvalue weighted by atomic mass is 19.1. The molecule has 0 radical (unpaired) electrons. The molecule has 0 saturated heterocycles. The first-order valence-electron chi connectivity index (χ1n) is 4.53. The Kier molecular flexibility index (Phi) is 2.61. The molecule has 1 heterocycles. The van der Waals surface area contributed by atoms with Gasteiger partial charge in [-0.15, -0.1) is 0 Å². The quantitative estimate of drug-likeness (QED) is 0.734. The number of halogens is 2. The minimum Gasteiger partial charge on any atom is -0.256 e. The Labute approximate surface area is 90.8 Å². The second kappa shape index (κ2) is 4.07. The van der Waals surface area contributed by atoms with E-state index in [1.54, 1.807) is 18.2 Å². The predicted molar refractivity (Wildman–Crippen MR) is 54.3 cm³/mol. The highest BCUT2D eigenvalue weighted by Crippen LogP contribution is 2.22. The maximum atomic E-state index is 13.3. The summed E-state index contributed by atoms with van der Waals surface area (Å²) in [6.07, 6.45) is 1.53. The van der Waals surface area contributed by atoms with Crippen LogP contribution in [0.3, 0.4) is 0 Å². The first-order chi connectivity index (χ1) is 7.72. The summed E-state index contributed by atoms with van der Waals surface area (Å²) in [5, 5.41) is 8.52. The van der Waals surface area contributed by atoms with Crippen LogP contribution in [-0.4, -0.2) is 4.98 Å². The molecule has 1 aromatic carbocycles. The van der Waals surface area contributed by atoms with Gasteiger partial charge in [0.2, 0.25) is 0 Å². The number of aromatic nitrogens is 1. The van der Waals surface area contributed by atoms with Gasteiger partial charge in [0.05, 0.1) is 5.69 Å². The summed E-state index contributed by atoms with van der Waals surface area (Å²) in [6, 6.07) is 8.74. The van der Waals surface area contributed by atoms with Crippen LogP contribution >= 0.6 is 0 Å². The van der Waals surface area contributed by atoms with Crippen molar-refractivity contribution in [2.75, 3.05) is 0 Å². The number of hydrogen-bond acceptors (Lipinski definition) is 2. The van der Waals surface area contributed by atoms with E-state index in [0.717, 1.165) is 12.1 Å². The van der Waals surface area contributed by atoms with Crippen LogP contribution < -0.4 is 0 Å². The molecule has 0 bridgehead atoms. The number of nitrogens with zero attached hydrogens (tertiary/aromatic N) is 2. The van der Waals surface area contributed by atoms with Gasteiger partial charge < -0.3 is 0 Å². The van der Waals surface area contributed by atoms with Crippen LogP contribution in [0.1, 0.15) is 5.56 Å². The van der Waals surface area contributed by atoms with Gasteiger partial charge in [-0.3, -0.25) is 4.98 Å². The molecule has 0 aliphatic carbocycles. The van der Waals surface area contributed by atoms with Crippen molar-refractivity contribution in [2.45, 2.75) is 0 Å². The van der Waals surface area contributed by atoms with E-state index >= 15 is 0 Å². The maximum absolute atomic E-state index is 13.3. The number of hydrogen-bond donors (Lipinski definition) is 0. The molecular weight excluding hydrogens is 210 g/mol. The Hall–Kier alpha value is -2.28. The van der Waals surface area contributed by atoms with Crippen molar-refractivity contribution >= 4 is 0 Å². The van der Waals surface area contributed by atoms with Crippen molar-refractivity contribution in [2.24, 2.45) is 0 Å². The van der Waals surface area contributed by atoms with Crippen LogP contribution in [-0.2, 0) is 0 Å². The largest absolute Gasteiger partial charge is 0.256 e. The second-order valence-electron chi connectivity index (χ2n) is 3.14. The smallest absolute Gasteiger partial charge is 0.144 e. The third-order valence-corrected chi connectivity index (χ3v) is 2.11. The Morgan fingerprint density at radius 2 is 1.81 bits per heavy atom. The van der Waals surface area contributed by atoms with Gasteiger partial charge >= 0.3 is 0 Å². The molecule has 0 spiro atoms. The van der Waals surface area contributed by atoms with Gasteiger partial charge in [-0.1, -0.05) is 6.07 Å². The minimum absolute atomic E-state index is 0.314. The van der Waals surface area contributed by atoms with Crippen molar-refractivity contribution in [1.82, 2.24) is 4.98 Å². The molecule has 16 heavy (non-hydrogen) atoms. The van der Waals surface area contributed by atoms with Crippen LogP contribution in [0.5, 0.6) is 0 Å². The number of nitriles is 1. The highest BCUT2D eigenvalue weighted by molar-refractivity contribution is 5.60. The average Bonchev–Trinajstić information content (AvgIpc) is 2.30. The molecule has 2 nitrogen and oxygen atoms in total. The summed E-state index contributed by atoms with van der Waals surface area (Å²) in [5.74, 6) is -1.74. The summed E-state index contributed by atoms with van der Waals surface area (Å²) < 4.78 is 26.6. The van der Waals surface area contributed by atoms with Crippen LogP contribution in [0.15, 0.2) is 36.5 Å². The number of rotatable bonds is 1. The monoisotopic (exact) mass is 216 g/mol. The molecule has 0 saturated carbocycles. The van der Waals surface area contributed by atoms with E-state index in [-0.39, 0.29) is 0 Å². The maximum Gasteiger partial charge on any atom is 0.144 e.